The summed E-state index contributed by atoms with van der Waals surface area (Å²) in [5.74, 6) is -0.710. The molecule has 0 heterocycles. The first-order valence-corrected chi connectivity index (χ1v) is 6.35. The molecule has 5 heteroatoms. The van der Waals surface area contributed by atoms with Gasteiger partial charge < -0.3 is 5.32 Å². The minimum absolute atomic E-state index is 0.312. The van der Waals surface area contributed by atoms with Crippen LogP contribution in [0.2, 0.25) is 5.02 Å². The molecule has 0 aliphatic rings. The topological polar surface area (TPSA) is 12.0 Å². The van der Waals surface area contributed by atoms with Gasteiger partial charge in [-0.2, -0.15) is 0 Å². The van der Waals surface area contributed by atoms with Crippen molar-refractivity contribution in [3.05, 3.63) is 63.1 Å². The van der Waals surface area contributed by atoms with Crippen LogP contribution in [0.25, 0.3) is 0 Å². The Kier molecular flexibility index (Phi) is 4.19. The molecule has 0 atom stereocenters. The lowest BCUT2D eigenvalue weighted by molar-refractivity contribution is 0.620. The van der Waals surface area contributed by atoms with Crippen LogP contribution in [0.5, 0.6) is 0 Å². The summed E-state index contributed by atoms with van der Waals surface area (Å²) < 4.78 is 26.5. The number of halogens is 4. The number of anilines is 1. The van der Waals surface area contributed by atoms with Crippen LogP contribution in [0.1, 0.15) is 5.56 Å². The van der Waals surface area contributed by atoms with Crippen molar-refractivity contribution in [3.63, 3.8) is 0 Å². The molecule has 2 aromatic carbocycles. The molecule has 0 bridgehead atoms. The molecule has 2 rings (SSSR count). The summed E-state index contributed by atoms with van der Waals surface area (Å²) in [5.41, 5.74) is 1.46. The number of hydrogen-bond acceptors (Lipinski definition) is 1. The highest BCUT2D eigenvalue weighted by Gasteiger charge is 2.02. The van der Waals surface area contributed by atoms with Crippen LogP contribution in [0.15, 0.2) is 40.9 Å². The van der Waals surface area contributed by atoms with Crippen molar-refractivity contribution < 1.29 is 8.78 Å². The molecule has 1 nitrogen and oxygen atoms in total. The number of nitrogens with one attached hydrogen (secondary N) is 1. The third-order valence-corrected chi connectivity index (χ3v) is 3.17. The molecule has 18 heavy (non-hydrogen) atoms. The monoisotopic (exact) mass is 331 g/mol. The third-order valence-electron chi connectivity index (χ3n) is 2.34. The minimum atomic E-state index is -0.398. The van der Waals surface area contributed by atoms with Crippen molar-refractivity contribution in [2.24, 2.45) is 0 Å². The Morgan fingerprint density at radius 1 is 1.11 bits per heavy atom. The fourth-order valence-electron chi connectivity index (χ4n) is 1.51. The average molecular weight is 333 g/mol. The lowest BCUT2D eigenvalue weighted by Gasteiger charge is -2.08. The third kappa shape index (κ3) is 3.43. The molecule has 0 aromatic heterocycles. The first-order chi connectivity index (χ1) is 8.54. The zero-order valence-electron chi connectivity index (χ0n) is 9.18. The molecule has 0 saturated carbocycles. The Morgan fingerprint density at radius 3 is 2.56 bits per heavy atom. The van der Waals surface area contributed by atoms with Crippen molar-refractivity contribution in [2.75, 3.05) is 5.32 Å². The van der Waals surface area contributed by atoms with Crippen molar-refractivity contribution >= 4 is 33.2 Å². The maximum Gasteiger partial charge on any atom is 0.137 e. The second kappa shape index (κ2) is 5.67. The quantitative estimate of drug-likeness (QED) is 0.834. The van der Waals surface area contributed by atoms with Crippen molar-refractivity contribution in [3.8, 4) is 0 Å². The number of hydrogen-bond donors (Lipinski definition) is 1. The summed E-state index contributed by atoms with van der Waals surface area (Å²) in [4.78, 5) is 0. The van der Waals surface area contributed by atoms with E-state index in [1.165, 1.54) is 18.2 Å². The van der Waals surface area contributed by atoms with Gasteiger partial charge >= 0.3 is 0 Å². The van der Waals surface area contributed by atoms with Gasteiger partial charge in [0.2, 0.25) is 0 Å². The Hall–Kier alpha value is -1.13. The molecule has 0 radical (unpaired) electrons. The SMILES string of the molecule is Fc1cc(Cl)cc(NCc2ccc(F)c(Br)c2)c1. The van der Waals surface area contributed by atoms with Crippen LogP contribution in [-0.2, 0) is 6.54 Å². The fraction of sp³-hybridized carbons (Fsp3) is 0.0769. The van der Waals surface area contributed by atoms with E-state index in [1.807, 2.05) is 0 Å². The smallest absolute Gasteiger partial charge is 0.137 e. The van der Waals surface area contributed by atoms with Gasteiger partial charge in [-0.1, -0.05) is 17.7 Å². The molecule has 94 valence electrons. The fourth-order valence-corrected chi connectivity index (χ4v) is 2.16. The Labute approximate surface area is 117 Å². The summed E-state index contributed by atoms with van der Waals surface area (Å²) in [6.07, 6.45) is 0. The summed E-state index contributed by atoms with van der Waals surface area (Å²) in [7, 11) is 0. The molecule has 0 unspecified atom stereocenters. The van der Waals surface area contributed by atoms with Gasteiger partial charge in [0.05, 0.1) is 4.47 Å². The summed E-state index contributed by atoms with van der Waals surface area (Å²) in [6, 6.07) is 8.92. The van der Waals surface area contributed by atoms with Crippen molar-refractivity contribution in [1.29, 1.82) is 0 Å². The Morgan fingerprint density at radius 2 is 1.89 bits per heavy atom. The molecule has 0 spiro atoms. The van der Waals surface area contributed by atoms with E-state index in [0.717, 1.165) is 5.56 Å². The molecule has 0 saturated heterocycles. The van der Waals surface area contributed by atoms with Crippen LogP contribution in [0.4, 0.5) is 14.5 Å². The van der Waals surface area contributed by atoms with Crippen LogP contribution in [0.3, 0.4) is 0 Å². The predicted molar refractivity (Wildman–Crippen MR) is 72.8 cm³/mol. The normalized spacial score (nSPS) is 10.4. The summed E-state index contributed by atoms with van der Waals surface area (Å²) >= 11 is 8.85. The number of rotatable bonds is 3. The molecular weight excluding hydrogens is 324 g/mol. The van der Waals surface area contributed by atoms with Crippen LogP contribution in [-0.4, -0.2) is 0 Å². The van der Waals surface area contributed by atoms with Gasteiger partial charge in [0, 0.05) is 17.3 Å². The zero-order valence-corrected chi connectivity index (χ0v) is 11.5. The highest BCUT2D eigenvalue weighted by atomic mass is 79.9. The van der Waals surface area contributed by atoms with E-state index in [1.54, 1.807) is 18.2 Å². The Balaban J connectivity index is 2.08. The summed E-state index contributed by atoms with van der Waals surface area (Å²) in [5, 5.41) is 3.35. The lowest BCUT2D eigenvalue weighted by Crippen LogP contribution is -2.00. The molecule has 0 fully saturated rings. The highest BCUT2D eigenvalue weighted by molar-refractivity contribution is 9.10. The predicted octanol–water partition coefficient (Wildman–Crippen LogP) is 4.99. The first kappa shape index (κ1) is 13.3. The van der Waals surface area contributed by atoms with Crippen molar-refractivity contribution in [1.82, 2.24) is 0 Å². The van der Waals surface area contributed by atoms with Crippen LogP contribution in [0, 0.1) is 11.6 Å². The first-order valence-electron chi connectivity index (χ1n) is 5.18. The average Bonchev–Trinajstić information content (AvgIpc) is 2.29. The maximum atomic E-state index is 13.1. The van der Waals surface area contributed by atoms with Crippen LogP contribution < -0.4 is 5.32 Å². The maximum absolute atomic E-state index is 13.1. The highest BCUT2D eigenvalue weighted by Crippen LogP contribution is 2.20. The van der Waals surface area contributed by atoms with Crippen molar-refractivity contribution in [2.45, 2.75) is 6.54 Å². The van der Waals surface area contributed by atoms with Crippen LogP contribution >= 0.6 is 27.5 Å². The minimum Gasteiger partial charge on any atom is -0.381 e. The standard InChI is InChI=1S/C13H9BrClF2N/c14-12-3-8(1-2-13(12)17)7-18-11-5-9(15)4-10(16)6-11/h1-6,18H,7H2. The van der Waals surface area contributed by atoms with Gasteiger partial charge in [0.25, 0.3) is 0 Å². The second-order valence-electron chi connectivity index (χ2n) is 3.76. The zero-order chi connectivity index (χ0) is 13.1. The van der Waals surface area contributed by atoms with Gasteiger partial charge in [-0.25, -0.2) is 8.78 Å². The van der Waals surface area contributed by atoms with E-state index in [4.69, 9.17) is 11.6 Å². The van der Waals surface area contributed by atoms with E-state index in [2.05, 4.69) is 21.2 Å². The molecule has 0 aliphatic carbocycles. The Bertz CT molecular complexity index is 555. The van der Waals surface area contributed by atoms with Gasteiger partial charge in [0.1, 0.15) is 11.6 Å². The molecular formula is C13H9BrClF2N. The van der Waals surface area contributed by atoms with Gasteiger partial charge in [-0.05, 0) is 51.8 Å². The van der Waals surface area contributed by atoms with Gasteiger partial charge in [-0.3, -0.25) is 0 Å². The summed E-state index contributed by atoms with van der Waals surface area (Å²) in [6.45, 7) is 0.457. The molecule has 2 aromatic rings. The largest absolute Gasteiger partial charge is 0.381 e. The van der Waals surface area contributed by atoms with Gasteiger partial charge in [-0.15, -0.1) is 0 Å². The van der Waals surface area contributed by atoms with E-state index in [9.17, 15) is 8.78 Å². The van der Waals surface area contributed by atoms with E-state index >= 15 is 0 Å². The molecule has 1 N–H and O–H groups in total. The number of benzene rings is 2. The molecule has 0 aliphatic heterocycles. The molecule has 0 amide bonds. The van der Waals surface area contributed by atoms with E-state index in [0.29, 0.717) is 21.7 Å². The van der Waals surface area contributed by atoms with E-state index in [-0.39, 0.29) is 5.82 Å². The van der Waals surface area contributed by atoms with Gasteiger partial charge in [0.15, 0.2) is 0 Å². The van der Waals surface area contributed by atoms with E-state index < -0.39 is 5.82 Å². The lowest BCUT2D eigenvalue weighted by atomic mass is 10.2. The second-order valence-corrected chi connectivity index (χ2v) is 5.05.